The molecule has 0 fully saturated rings. The van der Waals surface area contributed by atoms with Gasteiger partial charge in [0, 0.05) is 16.3 Å². The summed E-state index contributed by atoms with van der Waals surface area (Å²) in [5, 5.41) is 6.64. The normalized spacial score (nSPS) is 10.5. The molecule has 112 valence electrons. The summed E-state index contributed by atoms with van der Waals surface area (Å²) in [6, 6.07) is 12.2. The number of aromatic nitrogens is 1. The standard InChI is InChI=1S/C17H15NO2S2/c19-17(20-9-4-7-13-5-2-1-3-6-13)15-12-22-16(18-15)14-8-10-21-11-14/h1-3,5-6,8,10-12H,4,7,9H2. The Morgan fingerprint density at radius 2 is 2.00 bits per heavy atom. The molecule has 22 heavy (non-hydrogen) atoms. The Morgan fingerprint density at radius 1 is 1.14 bits per heavy atom. The highest BCUT2D eigenvalue weighted by molar-refractivity contribution is 7.14. The number of hydrogen-bond donors (Lipinski definition) is 0. The maximum absolute atomic E-state index is 12.0. The van der Waals surface area contributed by atoms with Crippen LogP contribution >= 0.6 is 22.7 Å². The lowest BCUT2D eigenvalue weighted by molar-refractivity contribution is 0.0495. The summed E-state index contributed by atoms with van der Waals surface area (Å²) < 4.78 is 5.29. The van der Waals surface area contributed by atoms with Gasteiger partial charge in [0.25, 0.3) is 0 Å². The van der Waals surface area contributed by atoms with Gasteiger partial charge < -0.3 is 4.74 Å². The number of carbonyl (C=O) groups excluding carboxylic acids is 1. The minimum Gasteiger partial charge on any atom is -0.461 e. The summed E-state index contributed by atoms with van der Waals surface area (Å²) in [6.45, 7) is 0.416. The summed E-state index contributed by atoms with van der Waals surface area (Å²) in [6.07, 6.45) is 1.72. The van der Waals surface area contributed by atoms with Gasteiger partial charge in [-0.25, -0.2) is 9.78 Å². The number of thiophene rings is 1. The molecule has 0 radical (unpaired) electrons. The van der Waals surface area contributed by atoms with Gasteiger partial charge >= 0.3 is 5.97 Å². The predicted molar refractivity (Wildman–Crippen MR) is 90.5 cm³/mol. The van der Waals surface area contributed by atoms with Gasteiger partial charge in [0.2, 0.25) is 0 Å². The second kappa shape index (κ2) is 7.33. The van der Waals surface area contributed by atoms with E-state index in [9.17, 15) is 4.79 Å². The van der Waals surface area contributed by atoms with Crippen molar-refractivity contribution >= 4 is 28.6 Å². The Hall–Kier alpha value is -1.98. The molecule has 0 bridgehead atoms. The average molecular weight is 329 g/mol. The van der Waals surface area contributed by atoms with E-state index in [1.807, 2.05) is 35.0 Å². The number of ether oxygens (including phenoxy) is 1. The number of hydrogen-bond acceptors (Lipinski definition) is 5. The summed E-state index contributed by atoms with van der Waals surface area (Å²) in [5.41, 5.74) is 2.70. The van der Waals surface area contributed by atoms with Gasteiger partial charge in [0.05, 0.1) is 6.61 Å². The van der Waals surface area contributed by atoms with Gasteiger partial charge in [-0.05, 0) is 29.9 Å². The van der Waals surface area contributed by atoms with Crippen LogP contribution in [0.5, 0.6) is 0 Å². The molecule has 0 aliphatic carbocycles. The summed E-state index contributed by atoms with van der Waals surface area (Å²) in [7, 11) is 0. The molecule has 0 aliphatic heterocycles. The first-order valence-electron chi connectivity index (χ1n) is 7.02. The van der Waals surface area contributed by atoms with Crippen molar-refractivity contribution in [3.05, 3.63) is 63.8 Å². The molecule has 0 amide bonds. The lowest BCUT2D eigenvalue weighted by atomic mass is 10.1. The summed E-state index contributed by atoms with van der Waals surface area (Å²) in [5.74, 6) is -0.342. The summed E-state index contributed by atoms with van der Waals surface area (Å²) in [4.78, 5) is 16.3. The van der Waals surface area contributed by atoms with Crippen LogP contribution in [-0.2, 0) is 11.2 Å². The van der Waals surface area contributed by atoms with Gasteiger partial charge in [-0.1, -0.05) is 30.3 Å². The van der Waals surface area contributed by atoms with Crippen LogP contribution in [0.15, 0.2) is 52.5 Å². The van der Waals surface area contributed by atoms with E-state index < -0.39 is 0 Å². The van der Waals surface area contributed by atoms with Crippen LogP contribution in [-0.4, -0.2) is 17.6 Å². The largest absolute Gasteiger partial charge is 0.461 e. The van der Waals surface area contributed by atoms with Crippen molar-refractivity contribution in [2.45, 2.75) is 12.8 Å². The molecular weight excluding hydrogens is 314 g/mol. The molecule has 3 nitrogen and oxygen atoms in total. The van der Waals surface area contributed by atoms with Crippen LogP contribution in [0.25, 0.3) is 10.6 Å². The first-order valence-corrected chi connectivity index (χ1v) is 8.84. The number of carbonyl (C=O) groups is 1. The van der Waals surface area contributed by atoms with E-state index in [1.54, 1.807) is 16.7 Å². The van der Waals surface area contributed by atoms with Crippen LogP contribution in [0.3, 0.4) is 0 Å². The van der Waals surface area contributed by atoms with Crippen LogP contribution in [0.4, 0.5) is 0 Å². The monoisotopic (exact) mass is 329 g/mol. The van der Waals surface area contributed by atoms with Crippen molar-refractivity contribution in [2.75, 3.05) is 6.61 Å². The average Bonchev–Trinajstić information content (AvgIpc) is 3.22. The second-order valence-electron chi connectivity index (χ2n) is 4.77. The maximum Gasteiger partial charge on any atom is 0.357 e. The van der Waals surface area contributed by atoms with Crippen molar-refractivity contribution in [2.24, 2.45) is 0 Å². The third kappa shape index (κ3) is 3.81. The van der Waals surface area contributed by atoms with Gasteiger partial charge in [-0.15, -0.1) is 11.3 Å². The van der Waals surface area contributed by atoms with E-state index in [0.29, 0.717) is 12.3 Å². The molecule has 1 aromatic carbocycles. The highest BCUT2D eigenvalue weighted by Crippen LogP contribution is 2.25. The summed E-state index contributed by atoms with van der Waals surface area (Å²) >= 11 is 3.08. The Morgan fingerprint density at radius 3 is 2.77 bits per heavy atom. The Kier molecular flexibility index (Phi) is 4.98. The number of rotatable bonds is 6. The van der Waals surface area contributed by atoms with E-state index in [1.165, 1.54) is 16.9 Å². The molecular formula is C17H15NO2S2. The topological polar surface area (TPSA) is 39.2 Å². The Bertz CT molecular complexity index is 720. The van der Waals surface area contributed by atoms with Gasteiger partial charge in [0.1, 0.15) is 5.01 Å². The molecule has 0 spiro atoms. The number of aryl methyl sites for hydroxylation is 1. The molecule has 2 heterocycles. The molecule has 0 saturated heterocycles. The Labute approximate surface area is 137 Å². The third-order valence-corrected chi connectivity index (χ3v) is 4.74. The first-order chi connectivity index (χ1) is 10.8. The zero-order valence-corrected chi connectivity index (χ0v) is 13.5. The molecule has 5 heteroatoms. The maximum atomic E-state index is 12.0. The fraction of sp³-hybridized carbons (Fsp3) is 0.176. The fourth-order valence-electron chi connectivity index (χ4n) is 2.05. The van der Waals surface area contributed by atoms with Crippen LogP contribution in [0, 0.1) is 0 Å². The lowest BCUT2D eigenvalue weighted by Crippen LogP contribution is -2.07. The molecule has 0 aliphatic rings. The van der Waals surface area contributed by atoms with E-state index in [-0.39, 0.29) is 5.97 Å². The van der Waals surface area contributed by atoms with Crippen molar-refractivity contribution in [3.63, 3.8) is 0 Å². The highest BCUT2D eigenvalue weighted by Gasteiger charge is 2.13. The number of nitrogens with zero attached hydrogens (tertiary/aromatic N) is 1. The molecule has 2 aromatic heterocycles. The smallest absolute Gasteiger partial charge is 0.357 e. The predicted octanol–water partition coefficient (Wildman–Crippen LogP) is 4.66. The first kappa shape index (κ1) is 14.9. The number of benzene rings is 1. The van der Waals surface area contributed by atoms with Crippen molar-refractivity contribution in [1.29, 1.82) is 0 Å². The van der Waals surface area contributed by atoms with Crippen LogP contribution in [0.1, 0.15) is 22.5 Å². The third-order valence-electron chi connectivity index (χ3n) is 3.17. The molecule has 3 aromatic rings. The van der Waals surface area contributed by atoms with Gasteiger partial charge in [-0.3, -0.25) is 0 Å². The SMILES string of the molecule is O=C(OCCCc1ccccc1)c1csc(-c2ccsc2)n1. The van der Waals surface area contributed by atoms with Gasteiger partial charge in [-0.2, -0.15) is 11.3 Å². The van der Waals surface area contributed by atoms with Crippen LogP contribution in [0.2, 0.25) is 0 Å². The number of esters is 1. The van der Waals surface area contributed by atoms with E-state index in [0.717, 1.165) is 23.4 Å². The number of thiazole rings is 1. The minimum atomic E-state index is -0.342. The molecule has 0 unspecified atom stereocenters. The Balaban J connectivity index is 1.48. The molecule has 0 N–H and O–H groups in total. The zero-order chi connectivity index (χ0) is 15.2. The highest BCUT2D eigenvalue weighted by atomic mass is 32.1. The van der Waals surface area contributed by atoms with Crippen molar-refractivity contribution in [3.8, 4) is 10.6 Å². The quantitative estimate of drug-likeness (QED) is 0.488. The van der Waals surface area contributed by atoms with Crippen molar-refractivity contribution in [1.82, 2.24) is 4.98 Å². The zero-order valence-electron chi connectivity index (χ0n) is 11.9. The van der Waals surface area contributed by atoms with Gasteiger partial charge in [0.15, 0.2) is 5.69 Å². The fourth-order valence-corrected chi connectivity index (χ4v) is 3.55. The molecule has 0 atom stereocenters. The van der Waals surface area contributed by atoms with E-state index in [2.05, 4.69) is 17.1 Å². The second-order valence-corrected chi connectivity index (χ2v) is 6.41. The van der Waals surface area contributed by atoms with E-state index in [4.69, 9.17) is 4.74 Å². The molecule has 0 saturated carbocycles. The van der Waals surface area contributed by atoms with Crippen molar-refractivity contribution < 1.29 is 9.53 Å². The lowest BCUT2D eigenvalue weighted by Gasteiger charge is -2.03. The molecule has 3 rings (SSSR count). The van der Waals surface area contributed by atoms with Crippen LogP contribution < -0.4 is 0 Å². The minimum absolute atomic E-state index is 0.342. The van der Waals surface area contributed by atoms with E-state index >= 15 is 0 Å².